The Bertz CT molecular complexity index is 517. The number of carbonyl (C=O) groups excluding carboxylic acids is 3. The number of carbonyl (C=O) groups is 3. The quantitative estimate of drug-likeness (QED) is 0.575. The molecule has 0 heterocycles. The molecule has 0 fully saturated rings. The fourth-order valence-corrected chi connectivity index (χ4v) is 1.66. The van der Waals surface area contributed by atoms with Gasteiger partial charge in [0.05, 0.1) is 6.04 Å². The first kappa shape index (κ1) is 17.6. The third kappa shape index (κ3) is 6.36. The minimum absolute atomic E-state index is 0.0281. The van der Waals surface area contributed by atoms with Crippen LogP contribution in [0.1, 0.15) is 25.3 Å². The Labute approximate surface area is 129 Å². The second-order valence-corrected chi connectivity index (χ2v) is 4.94. The normalized spacial score (nSPS) is 13.0. The Kier molecular flexibility index (Phi) is 7.04. The number of benzene rings is 1. The second kappa shape index (κ2) is 8.78. The average molecular weight is 307 g/mol. The van der Waals surface area contributed by atoms with E-state index in [9.17, 15) is 14.4 Å². The summed E-state index contributed by atoms with van der Waals surface area (Å²) in [6.07, 6.45) is 0.0427. The van der Waals surface area contributed by atoms with Crippen LogP contribution >= 0.6 is 0 Å². The molecule has 1 aromatic carbocycles. The number of ether oxygens (including phenoxy) is 1. The zero-order valence-electron chi connectivity index (χ0n) is 12.5. The van der Waals surface area contributed by atoms with E-state index in [0.717, 1.165) is 5.56 Å². The van der Waals surface area contributed by atoms with E-state index in [1.165, 1.54) is 6.92 Å². The molecule has 0 aliphatic rings. The van der Waals surface area contributed by atoms with Gasteiger partial charge in [-0.05, 0) is 18.9 Å². The van der Waals surface area contributed by atoms with Crippen LogP contribution in [0.15, 0.2) is 30.3 Å². The molecule has 0 saturated heterocycles. The minimum atomic E-state index is -0.942. The Morgan fingerprint density at radius 2 is 1.86 bits per heavy atom. The minimum Gasteiger partial charge on any atom is -0.461 e. The number of primary amides is 1. The highest BCUT2D eigenvalue weighted by Crippen LogP contribution is 2.04. The third-order valence-corrected chi connectivity index (χ3v) is 2.95. The summed E-state index contributed by atoms with van der Waals surface area (Å²) in [5.74, 6) is -1.68. The SMILES string of the molecule is C[C@H](N)C(=O)N[C@H](CCC(=O)OCc1ccccc1)C(N)=O. The third-order valence-electron chi connectivity index (χ3n) is 2.95. The highest BCUT2D eigenvalue weighted by Gasteiger charge is 2.21. The molecule has 0 aliphatic carbocycles. The monoisotopic (exact) mass is 307 g/mol. The number of nitrogens with two attached hydrogens (primary N) is 2. The number of amides is 2. The predicted octanol–water partition coefficient (Wildman–Crippen LogP) is -0.173. The van der Waals surface area contributed by atoms with Crippen LogP contribution in [0.2, 0.25) is 0 Å². The van der Waals surface area contributed by atoms with Gasteiger partial charge in [0, 0.05) is 6.42 Å². The standard InChI is InChI=1S/C15H21N3O4/c1-10(16)15(21)18-12(14(17)20)7-8-13(19)22-9-11-5-3-2-4-6-11/h2-6,10,12H,7-9,16H2,1H3,(H2,17,20)(H,18,21)/t10-,12+/m0/s1. The maximum Gasteiger partial charge on any atom is 0.306 e. The molecule has 2 amide bonds. The van der Waals surface area contributed by atoms with E-state index in [-0.39, 0.29) is 19.4 Å². The lowest BCUT2D eigenvalue weighted by Crippen LogP contribution is -2.49. The van der Waals surface area contributed by atoms with Crippen molar-refractivity contribution in [2.75, 3.05) is 0 Å². The summed E-state index contributed by atoms with van der Waals surface area (Å²) in [5.41, 5.74) is 11.5. The number of hydrogen-bond acceptors (Lipinski definition) is 5. The van der Waals surface area contributed by atoms with Gasteiger partial charge < -0.3 is 21.5 Å². The average Bonchev–Trinajstić information content (AvgIpc) is 2.49. The zero-order chi connectivity index (χ0) is 16.5. The van der Waals surface area contributed by atoms with Crippen LogP contribution in [0.25, 0.3) is 0 Å². The van der Waals surface area contributed by atoms with Crippen LogP contribution in [0, 0.1) is 0 Å². The lowest BCUT2D eigenvalue weighted by molar-refractivity contribution is -0.145. The molecule has 1 aromatic rings. The summed E-state index contributed by atoms with van der Waals surface area (Å²) in [6.45, 7) is 1.65. The molecule has 0 radical (unpaired) electrons. The number of hydrogen-bond donors (Lipinski definition) is 3. The molecule has 0 bridgehead atoms. The number of esters is 1. The summed E-state index contributed by atoms with van der Waals surface area (Å²) in [7, 11) is 0. The second-order valence-electron chi connectivity index (χ2n) is 4.94. The summed E-state index contributed by atoms with van der Waals surface area (Å²) in [5, 5.41) is 2.40. The molecule has 0 unspecified atom stereocenters. The largest absolute Gasteiger partial charge is 0.461 e. The Morgan fingerprint density at radius 1 is 1.23 bits per heavy atom. The highest BCUT2D eigenvalue weighted by atomic mass is 16.5. The lowest BCUT2D eigenvalue weighted by atomic mass is 10.1. The topological polar surface area (TPSA) is 125 Å². The molecule has 0 spiro atoms. The molecule has 2 atom stereocenters. The molecular weight excluding hydrogens is 286 g/mol. The molecule has 120 valence electrons. The fourth-order valence-electron chi connectivity index (χ4n) is 1.66. The van der Waals surface area contributed by atoms with Gasteiger partial charge in [0.15, 0.2) is 0 Å². The van der Waals surface area contributed by atoms with Crippen molar-refractivity contribution in [1.82, 2.24) is 5.32 Å². The van der Waals surface area contributed by atoms with Crippen molar-refractivity contribution in [2.24, 2.45) is 11.5 Å². The molecule has 22 heavy (non-hydrogen) atoms. The highest BCUT2D eigenvalue weighted by molar-refractivity contribution is 5.89. The van der Waals surface area contributed by atoms with Crippen molar-refractivity contribution in [1.29, 1.82) is 0 Å². The Morgan fingerprint density at radius 3 is 2.41 bits per heavy atom. The molecule has 0 saturated carbocycles. The maximum atomic E-state index is 11.7. The van der Waals surface area contributed by atoms with Crippen LogP contribution < -0.4 is 16.8 Å². The first-order chi connectivity index (χ1) is 10.4. The first-order valence-electron chi connectivity index (χ1n) is 6.95. The summed E-state index contributed by atoms with van der Waals surface area (Å²) < 4.78 is 5.08. The van der Waals surface area contributed by atoms with Crippen LogP contribution in [0.4, 0.5) is 0 Å². The van der Waals surface area contributed by atoms with Crippen molar-refractivity contribution >= 4 is 17.8 Å². The van der Waals surface area contributed by atoms with Crippen LogP contribution in [-0.4, -0.2) is 29.9 Å². The van der Waals surface area contributed by atoms with Crippen molar-refractivity contribution in [3.05, 3.63) is 35.9 Å². The molecule has 7 nitrogen and oxygen atoms in total. The van der Waals surface area contributed by atoms with Gasteiger partial charge in [-0.25, -0.2) is 0 Å². The fraction of sp³-hybridized carbons (Fsp3) is 0.400. The van der Waals surface area contributed by atoms with Crippen molar-refractivity contribution in [3.63, 3.8) is 0 Å². The van der Waals surface area contributed by atoms with E-state index in [1.807, 2.05) is 30.3 Å². The van der Waals surface area contributed by atoms with E-state index in [4.69, 9.17) is 16.2 Å². The van der Waals surface area contributed by atoms with Gasteiger partial charge in [-0.3, -0.25) is 14.4 Å². The maximum absolute atomic E-state index is 11.7. The summed E-state index contributed by atoms with van der Waals surface area (Å²) in [6, 6.07) is 7.52. The van der Waals surface area contributed by atoms with Crippen molar-refractivity contribution in [3.8, 4) is 0 Å². The van der Waals surface area contributed by atoms with Crippen molar-refractivity contribution < 1.29 is 19.1 Å². The smallest absolute Gasteiger partial charge is 0.306 e. The van der Waals surface area contributed by atoms with Gasteiger partial charge in [0.1, 0.15) is 12.6 Å². The lowest BCUT2D eigenvalue weighted by Gasteiger charge is -2.16. The van der Waals surface area contributed by atoms with Gasteiger partial charge in [-0.15, -0.1) is 0 Å². The number of rotatable bonds is 8. The molecule has 7 heteroatoms. The van der Waals surface area contributed by atoms with Crippen LogP contribution in [0.3, 0.4) is 0 Å². The molecule has 5 N–H and O–H groups in total. The van der Waals surface area contributed by atoms with E-state index in [0.29, 0.717) is 0 Å². The molecule has 1 rings (SSSR count). The van der Waals surface area contributed by atoms with E-state index in [2.05, 4.69) is 5.32 Å². The Balaban J connectivity index is 2.39. The molecule has 0 aromatic heterocycles. The Hall–Kier alpha value is -2.41. The van der Waals surface area contributed by atoms with E-state index >= 15 is 0 Å². The zero-order valence-corrected chi connectivity index (χ0v) is 12.5. The molecule has 0 aliphatic heterocycles. The van der Waals surface area contributed by atoms with Gasteiger partial charge in [0.2, 0.25) is 11.8 Å². The van der Waals surface area contributed by atoms with Gasteiger partial charge in [0.25, 0.3) is 0 Å². The van der Waals surface area contributed by atoms with Crippen molar-refractivity contribution in [2.45, 2.75) is 38.5 Å². The predicted molar refractivity (Wildman–Crippen MR) is 80.2 cm³/mol. The summed E-state index contributed by atoms with van der Waals surface area (Å²) in [4.78, 5) is 34.4. The van der Waals surface area contributed by atoms with E-state index in [1.54, 1.807) is 0 Å². The van der Waals surface area contributed by atoms with Gasteiger partial charge >= 0.3 is 5.97 Å². The van der Waals surface area contributed by atoms with Crippen LogP contribution in [0.5, 0.6) is 0 Å². The van der Waals surface area contributed by atoms with E-state index < -0.39 is 29.9 Å². The number of nitrogens with one attached hydrogen (secondary N) is 1. The van der Waals surface area contributed by atoms with Gasteiger partial charge in [-0.2, -0.15) is 0 Å². The summed E-state index contributed by atoms with van der Waals surface area (Å²) >= 11 is 0. The first-order valence-corrected chi connectivity index (χ1v) is 6.95. The van der Waals surface area contributed by atoms with Crippen LogP contribution in [-0.2, 0) is 25.7 Å². The molecular formula is C15H21N3O4. The van der Waals surface area contributed by atoms with Gasteiger partial charge in [-0.1, -0.05) is 30.3 Å².